The Morgan fingerprint density at radius 3 is 2.82 bits per heavy atom. The van der Waals surface area contributed by atoms with Gasteiger partial charge in [-0.3, -0.25) is 10.1 Å². The minimum atomic E-state index is -0.718. The van der Waals surface area contributed by atoms with Crippen LogP contribution < -0.4 is 0 Å². The molecule has 17 heavy (non-hydrogen) atoms. The normalized spacial score (nSPS) is 9.24. The van der Waals surface area contributed by atoms with Gasteiger partial charge in [-0.2, -0.15) is 0 Å². The number of carbonyl (C=O) groups is 1. The predicted molar refractivity (Wildman–Crippen MR) is 56.3 cm³/mol. The molecule has 0 heterocycles. The quantitative estimate of drug-likeness (QED) is 0.257. The lowest BCUT2D eigenvalue weighted by Crippen LogP contribution is -2.07. The zero-order valence-electron chi connectivity index (χ0n) is 8.87. The molecular formula is C10H8N2O5. The van der Waals surface area contributed by atoms with E-state index in [1.165, 1.54) is 24.3 Å². The van der Waals surface area contributed by atoms with Crippen LogP contribution in [0.1, 0.15) is 15.9 Å². The van der Waals surface area contributed by atoms with Crippen molar-refractivity contribution >= 4 is 17.7 Å². The number of benzene rings is 1. The molecule has 0 N–H and O–H groups in total. The molecule has 0 saturated carbocycles. The first-order valence-corrected chi connectivity index (χ1v) is 4.50. The van der Waals surface area contributed by atoms with Gasteiger partial charge in [-0.15, -0.1) is 0 Å². The molecule has 0 atom stereocenters. The summed E-state index contributed by atoms with van der Waals surface area (Å²) in [6, 6.07) is 3.95. The highest BCUT2D eigenvalue weighted by Gasteiger charge is 2.21. The van der Waals surface area contributed by atoms with Crippen molar-refractivity contribution in [1.82, 2.24) is 0 Å². The van der Waals surface area contributed by atoms with Crippen LogP contribution in [0.5, 0.6) is 0 Å². The van der Waals surface area contributed by atoms with Crippen LogP contribution in [0.4, 0.5) is 5.69 Å². The maximum atomic E-state index is 11.4. The molecule has 0 bridgehead atoms. The second-order valence-corrected chi connectivity index (χ2v) is 2.96. The molecule has 7 heteroatoms. The summed E-state index contributed by atoms with van der Waals surface area (Å²) in [6.07, 6.45) is 1.27. The zero-order valence-corrected chi connectivity index (χ0v) is 8.87. The van der Waals surface area contributed by atoms with E-state index in [0.29, 0.717) is 0 Å². The number of nitrogens with zero attached hydrogens (tertiary/aromatic N) is 2. The van der Waals surface area contributed by atoms with Crippen LogP contribution in [-0.4, -0.2) is 24.1 Å². The fraction of sp³-hybridized carbons (Fsp3) is 0.200. The third-order valence-electron chi connectivity index (χ3n) is 2.06. The van der Waals surface area contributed by atoms with Gasteiger partial charge in [0, 0.05) is 6.07 Å². The molecule has 0 saturated heterocycles. The van der Waals surface area contributed by atoms with Crippen molar-refractivity contribution < 1.29 is 19.2 Å². The standard InChI is InChI=1S/C10H8N2O5/c1-17-10(14)7-3-2-4-9(12(15)16)8(7)5-11-6-13/h2-4H,5H2,1H3. The molecule has 0 spiro atoms. The summed E-state index contributed by atoms with van der Waals surface area (Å²) < 4.78 is 4.49. The Kier molecular flexibility index (Phi) is 4.08. The smallest absolute Gasteiger partial charge is 0.338 e. The summed E-state index contributed by atoms with van der Waals surface area (Å²) in [6.45, 7) is -0.287. The number of ether oxygens (including phenoxy) is 1. The summed E-state index contributed by atoms with van der Waals surface area (Å²) in [7, 11) is 1.16. The molecule has 1 rings (SSSR count). The Bertz CT molecular complexity index is 505. The second-order valence-electron chi connectivity index (χ2n) is 2.96. The van der Waals surface area contributed by atoms with Crippen LogP contribution in [0, 0.1) is 10.1 Å². The van der Waals surface area contributed by atoms with E-state index in [2.05, 4.69) is 9.73 Å². The van der Waals surface area contributed by atoms with E-state index in [1.54, 1.807) is 0 Å². The molecule has 0 aliphatic carbocycles. The second kappa shape index (κ2) is 5.53. The maximum absolute atomic E-state index is 11.4. The van der Waals surface area contributed by atoms with Gasteiger partial charge in [-0.1, -0.05) is 6.07 Å². The largest absolute Gasteiger partial charge is 0.465 e. The predicted octanol–water partition coefficient (Wildman–Crippen LogP) is 1.22. The number of isocyanates is 1. The van der Waals surface area contributed by atoms with Gasteiger partial charge >= 0.3 is 5.97 Å². The lowest BCUT2D eigenvalue weighted by Gasteiger charge is -2.05. The van der Waals surface area contributed by atoms with Crippen molar-refractivity contribution in [3.63, 3.8) is 0 Å². The average molecular weight is 236 g/mol. The van der Waals surface area contributed by atoms with Gasteiger partial charge in [0.1, 0.15) is 0 Å². The summed E-state index contributed by atoms with van der Waals surface area (Å²) in [5.41, 5.74) is -0.236. The maximum Gasteiger partial charge on any atom is 0.338 e. The van der Waals surface area contributed by atoms with E-state index in [4.69, 9.17) is 0 Å². The number of aliphatic imine (C=N–C) groups is 1. The highest BCUT2D eigenvalue weighted by Crippen LogP contribution is 2.23. The lowest BCUT2D eigenvalue weighted by molar-refractivity contribution is -0.385. The molecule has 0 aliphatic rings. The van der Waals surface area contributed by atoms with Crippen molar-refractivity contribution in [2.75, 3.05) is 7.11 Å². The zero-order chi connectivity index (χ0) is 12.8. The van der Waals surface area contributed by atoms with Gasteiger partial charge in [0.2, 0.25) is 6.08 Å². The number of methoxy groups -OCH3 is 1. The average Bonchev–Trinajstić information content (AvgIpc) is 2.34. The summed E-state index contributed by atoms with van der Waals surface area (Å²) in [5, 5.41) is 10.8. The highest BCUT2D eigenvalue weighted by molar-refractivity contribution is 5.92. The Hall–Kier alpha value is -2.53. The Labute approximate surface area is 95.9 Å². The first-order valence-electron chi connectivity index (χ1n) is 4.50. The van der Waals surface area contributed by atoms with E-state index >= 15 is 0 Å². The topological polar surface area (TPSA) is 98.9 Å². The number of nitro benzene ring substituents is 1. The van der Waals surface area contributed by atoms with Gasteiger partial charge in [-0.05, 0) is 6.07 Å². The molecule has 1 aromatic carbocycles. The van der Waals surface area contributed by atoms with Crippen LogP contribution in [0.25, 0.3) is 0 Å². The molecule has 0 aliphatic heterocycles. The number of carbonyl (C=O) groups excluding carboxylic acids is 2. The molecule has 0 fully saturated rings. The number of nitro groups is 1. The number of rotatable bonds is 4. The van der Waals surface area contributed by atoms with Gasteiger partial charge in [0.05, 0.1) is 29.7 Å². The molecule has 0 aromatic heterocycles. The Balaban J connectivity index is 3.38. The van der Waals surface area contributed by atoms with E-state index < -0.39 is 10.9 Å². The fourth-order valence-corrected chi connectivity index (χ4v) is 1.32. The minimum absolute atomic E-state index is 0.0145. The summed E-state index contributed by atoms with van der Waals surface area (Å²) >= 11 is 0. The monoisotopic (exact) mass is 236 g/mol. The van der Waals surface area contributed by atoms with Crippen molar-refractivity contribution in [2.24, 2.45) is 4.99 Å². The molecule has 0 radical (unpaired) electrons. The molecule has 0 amide bonds. The minimum Gasteiger partial charge on any atom is -0.465 e. The molecule has 1 aromatic rings. The number of esters is 1. The molecule has 7 nitrogen and oxygen atoms in total. The SMILES string of the molecule is COC(=O)c1cccc([N+](=O)[O-])c1CN=C=O. The highest BCUT2D eigenvalue weighted by atomic mass is 16.6. The fourth-order valence-electron chi connectivity index (χ4n) is 1.32. The van der Waals surface area contributed by atoms with Crippen molar-refractivity contribution in [2.45, 2.75) is 6.54 Å². The van der Waals surface area contributed by atoms with Gasteiger partial charge < -0.3 is 4.74 Å². The Morgan fingerprint density at radius 1 is 1.59 bits per heavy atom. The first kappa shape index (κ1) is 12.5. The van der Waals surface area contributed by atoms with Gasteiger partial charge in [-0.25, -0.2) is 14.6 Å². The van der Waals surface area contributed by atoms with Crippen molar-refractivity contribution in [3.05, 3.63) is 39.4 Å². The lowest BCUT2D eigenvalue weighted by atomic mass is 10.1. The summed E-state index contributed by atoms with van der Waals surface area (Å²) in [5.74, 6) is -0.718. The van der Waals surface area contributed by atoms with Crippen LogP contribution in [-0.2, 0) is 16.1 Å². The van der Waals surface area contributed by atoms with Crippen LogP contribution in [0.3, 0.4) is 0 Å². The number of hydrogen-bond donors (Lipinski definition) is 0. The first-order chi connectivity index (χ1) is 8.11. The van der Waals surface area contributed by atoms with E-state index in [9.17, 15) is 19.7 Å². The number of hydrogen-bond acceptors (Lipinski definition) is 6. The van der Waals surface area contributed by atoms with Crippen LogP contribution in [0.2, 0.25) is 0 Å². The van der Waals surface area contributed by atoms with E-state index in [-0.39, 0.29) is 23.4 Å². The van der Waals surface area contributed by atoms with E-state index in [0.717, 1.165) is 7.11 Å². The third-order valence-corrected chi connectivity index (χ3v) is 2.06. The van der Waals surface area contributed by atoms with Gasteiger partial charge in [0.15, 0.2) is 0 Å². The molecular weight excluding hydrogens is 228 g/mol. The van der Waals surface area contributed by atoms with Crippen LogP contribution in [0.15, 0.2) is 23.2 Å². The summed E-state index contributed by atoms with van der Waals surface area (Å²) in [4.78, 5) is 34.8. The van der Waals surface area contributed by atoms with E-state index in [1.807, 2.05) is 0 Å². The Morgan fingerprint density at radius 2 is 2.29 bits per heavy atom. The van der Waals surface area contributed by atoms with Crippen LogP contribution >= 0.6 is 0 Å². The van der Waals surface area contributed by atoms with Crippen molar-refractivity contribution in [3.8, 4) is 0 Å². The molecule has 88 valence electrons. The van der Waals surface area contributed by atoms with Crippen molar-refractivity contribution in [1.29, 1.82) is 0 Å². The van der Waals surface area contributed by atoms with Gasteiger partial charge in [0.25, 0.3) is 5.69 Å². The third kappa shape index (κ3) is 2.73. The molecule has 0 unspecified atom stereocenters.